The van der Waals surface area contributed by atoms with Gasteiger partial charge < -0.3 is 9.47 Å². The minimum Gasteiger partial charge on any atom is -0.476 e. The van der Waals surface area contributed by atoms with Crippen LogP contribution in [0.25, 0.3) is 0 Å². The van der Waals surface area contributed by atoms with Gasteiger partial charge in [-0.15, -0.1) is 0 Å². The van der Waals surface area contributed by atoms with Crippen molar-refractivity contribution in [3.05, 3.63) is 28.8 Å². The molecule has 0 fully saturated rings. The van der Waals surface area contributed by atoms with Crippen molar-refractivity contribution in [2.24, 2.45) is 4.99 Å². The summed E-state index contributed by atoms with van der Waals surface area (Å²) in [6.45, 7) is 7.99. The van der Waals surface area contributed by atoms with E-state index in [0.29, 0.717) is 23.2 Å². The first kappa shape index (κ1) is 15.6. The van der Waals surface area contributed by atoms with E-state index in [9.17, 15) is 4.79 Å². The average molecular weight is 311 g/mol. The van der Waals surface area contributed by atoms with E-state index in [1.807, 2.05) is 32.9 Å². The van der Waals surface area contributed by atoms with Gasteiger partial charge >= 0.3 is 6.09 Å². The summed E-state index contributed by atoms with van der Waals surface area (Å²) in [5.74, 6) is 0.436. The number of hydrogen-bond acceptors (Lipinski definition) is 4. The molecule has 0 radical (unpaired) electrons. The first-order chi connectivity index (χ1) is 9.78. The van der Waals surface area contributed by atoms with E-state index in [1.165, 1.54) is 0 Å². The summed E-state index contributed by atoms with van der Waals surface area (Å²) >= 11 is 6.12. The van der Waals surface area contributed by atoms with Crippen molar-refractivity contribution in [3.8, 4) is 0 Å². The number of benzene rings is 1. The van der Waals surface area contributed by atoms with Gasteiger partial charge in [-0.3, -0.25) is 5.32 Å². The lowest BCUT2D eigenvalue weighted by atomic mass is 10.1. The van der Waals surface area contributed by atoms with Crippen LogP contribution in [-0.4, -0.2) is 30.2 Å². The van der Waals surface area contributed by atoms with Crippen LogP contribution < -0.4 is 5.32 Å². The Morgan fingerprint density at radius 2 is 2.24 bits per heavy atom. The molecule has 0 spiro atoms. The van der Waals surface area contributed by atoms with Gasteiger partial charge in [0.05, 0.1) is 16.2 Å². The summed E-state index contributed by atoms with van der Waals surface area (Å²) in [4.78, 5) is 16.3. The predicted molar refractivity (Wildman–Crippen MR) is 83.2 cm³/mol. The molecule has 1 heterocycles. The topological polar surface area (TPSA) is 59.9 Å². The molecule has 5 nitrogen and oxygen atoms in total. The summed E-state index contributed by atoms with van der Waals surface area (Å²) < 4.78 is 10.7. The fraction of sp³-hybridized carbons (Fsp3) is 0.467. The van der Waals surface area contributed by atoms with E-state index in [4.69, 9.17) is 21.1 Å². The van der Waals surface area contributed by atoms with Gasteiger partial charge in [0, 0.05) is 0 Å². The SMILES string of the molecule is Cc1cccc(NC(=O)OC(C)C2=NC(C)(C)CO2)c1Cl. The second-order valence-corrected chi connectivity index (χ2v) is 6.04. The fourth-order valence-corrected chi connectivity index (χ4v) is 2.09. The molecule has 1 atom stereocenters. The number of nitrogens with one attached hydrogen (secondary N) is 1. The van der Waals surface area contributed by atoms with E-state index < -0.39 is 12.2 Å². The Morgan fingerprint density at radius 1 is 1.52 bits per heavy atom. The monoisotopic (exact) mass is 310 g/mol. The van der Waals surface area contributed by atoms with Crippen molar-refractivity contribution in [1.29, 1.82) is 0 Å². The van der Waals surface area contributed by atoms with Gasteiger partial charge in [0.25, 0.3) is 0 Å². The van der Waals surface area contributed by atoms with Crippen LogP contribution in [0.4, 0.5) is 10.5 Å². The van der Waals surface area contributed by atoms with Crippen LogP contribution in [0.1, 0.15) is 26.3 Å². The maximum Gasteiger partial charge on any atom is 0.412 e. The number of hydrogen-bond donors (Lipinski definition) is 1. The van der Waals surface area contributed by atoms with Crippen LogP contribution in [-0.2, 0) is 9.47 Å². The lowest BCUT2D eigenvalue weighted by Crippen LogP contribution is -2.27. The zero-order valence-corrected chi connectivity index (χ0v) is 13.3. The Morgan fingerprint density at radius 3 is 2.86 bits per heavy atom. The van der Waals surface area contributed by atoms with Crippen LogP contribution in [0.15, 0.2) is 23.2 Å². The number of ether oxygens (including phenoxy) is 2. The Kier molecular flexibility index (Phi) is 4.42. The molecule has 0 bridgehead atoms. The lowest BCUT2D eigenvalue weighted by molar-refractivity contribution is 0.135. The van der Waals surface area contributed by atoms with Crippen molar-refractivity contribution >= 4 is 29.3 Å². The van der Waals surface area contributed by atoms with Crippen molar-refractivity contribution < 1.29 is 14.3 Å². The number of nitrogens with zero attached hydrogens (tertiary/aromatic N) is 1. The van der Waals surface area contributed by atoms with Crippen molar-refractivity contribution in [2.75, 3.05) is 11.9 Å². The van der Waals surface area contributed by atoms with Gasteiger partial charge in [-0.25, -0.2) is 9.79 Å². The highest BCUT2D eigenvalue weighted by molar-refractivity contribution is 6.34. The zero-order chi connectivity index (χ0) is 15.6. The highest BCUT2D eigenvalue weighted by atomic mass is 35.5. The largest absolute Gasteiger partial charge is 0.476 e. The molecule has 1 amide bonds. The molecular formula is C15H19ClN2O3. The number of aliphatic imine (C=N–C) groups is 1. The predicted octanol–water partition coefficient (Wildman–Crippen LogP) is 3.79. The van der Waals surface area contributed by atoms with Gasteiger partial charge in [0.2, 0.25) is 5.90 Å². The van der Waals surface area contributed by atoms with Crippen molar-refractivity contribution in [1.82, 2.24) is 0 Å². The van der Waals surface area contributed by atoms with Crippen LogP contribution in [0.3, 0.4) is 0 Å². The maximum absolute atomic E-state index is 11.9. The van der Waals surface area contributed by atoms with Crippen molar-refractivity contribution in [2.45, 2.75) is 39.3 Å². The highest BCUT2D eigenvalue weighted by Crippen LogP contribution is 2.25. The first-order valence-corrected chi connectivity index (χ1v) is 7.11. The number of rotatable bonds is 3. The molecular weight excluding hydrogens is 292 g/mol. The minimum atomic E-state index is -0.592. The number of carbonyl (C=O) groups is 1. The van der Waals surface area contributed by atoms with Gasteiger partial charge in [-0.1, -0.05) is 23.7 Å². The number of amides is 1. The summed E-state index contributed by atoms with van der Waals surface area (Å²) in [6, 6.07) is 5.39. The Bertz CT molecular complexity index is 584. The first-order valence-electron chi connectivity index (χ1n) is 6.74. The van der Waals surface area contributed by atoms with Crippen molar-refractivity contribution in [3.63, 3.8) is 0 Å². The molecule has 1 N–H and O–H groups in total. The molecule has 21 heavy (non-hydrogen) atoms. The lowest BCUT2D eigenvalue weighted by Gasteiger charge is -2.14. The molecule has 1 aromatic rings. The molecule has 1 aromatic carbocycles. The third-order valence-corrected chi connectivity index (χ3v) is 3.55. The number of halogens is 1. The van der Waals surface area contributed by atoms with E-state index in [1.54, 1.807) is 13.0 Å². The average Bonchev–Trinajstić information content (AvgIpc) is 2.75. The van der Waals surface area contributed by atoms with Crippen LogP contribution >= 0.6 is 11.6 Å². The molecule has 0 saturated heterocycles. The third-order valence-electron chi connectivity index (χ3n) is 3.05. The molecule has 114 valence electrons. The maximum atomic E-state index is 11.9. The second-order valence-electron chi connectivity index (χ2n) is 5.66. The van der Waals surface area contributed by atoms with E-state index in [2.05, 4.69) is 10.3 Å². The summed E-state index contributed by atoms with van der Waals surface area (Å²) in [5, 5.41) is 3.12. The summed E-state index contributed by atoms with van der Waals surface area (Å²) in [6.07, 6.45) is -1.14. The number of aryl methyl sites for hydroxylation is 1. The second kappa shape index (κ2) is 5.93. The highest BCUT2D eigenvalue weighted by Gasteiger charge is 2.30. The van der Waals surface area contributed by atoms with Crippen LogP contribution in [0, 0.1) is 6.92 Å². The standard InChI is InChI=1S/C15H19ClN2O3/c1-9-6-5-7-11(12(9)16)17-14(19)21-10(2)13-18-15(3,4)8-20-13/h5-7,10H,8H2,1-4H3,(H,17,19). The molecule has 0 aliphatic carbocycles. The summed E-state index contributed by atoms with van der Waals surface area (Å²) in [5.41, 5.74) is 1.12. The third kappa shape index (κ3) is 3.88. The molecule has 1 unspecified atom stereocenters. The van der Waals surface area contributed by atoms with Gasteiger partial charge in [0.1, 0.15) is 6.61 Å². The van der Waals surface area contributed by atoms with Crippen LogP contribution in [0.2, 0.25) is 5.02 Å². The molecule has 6 heteroatoms. The summed E-state index contributed by atoms with van der Waals surface area (Å²) in [7, 11) is 0. The Hall–Kier alpha value is -1.75. The number of carbonyl (C=O) groups excluding carboxylic acids is 1. The van der Waals surface area contributed by atoms with Gasteiger partial charge in [-0.2, -0.15) is 0 Å². The van der Waals surface area contributed by atoms with E-state index in [-0.39, 0.29) is 5.54 Å². The van der Waals surface area contributed by atoms with E-state index in [0.717, 1.165) is 5.56 Å². The molecule has 0 saturated carbocycles. The van der Waals surface area contributed by atoms with E-state index >= 15 is 0 Å². The molecule has 2 rings (SSSR count). The molecule has 0 aromatic heterocycles. The minimum absolute atomic E-state index is 0.275. The van der Waals surface area contributed by atoms with Crippen LogP contribution in [0.5, 0.6) is 0 Å². The fourth-order valence-electron chi connectivity index (χ4n) is 1.92. The smallest absolute Gasteiger partial charge is 0.412 e. The van der Waals surface area contributed by atoms with Gasteiger partial charge in [-0.05, 0) is 39.3 Å². The Balaban J connectivity index is 1.98. The quantitative estimate of drug-likeness (QED) is 0.924. The Labute approximate surface area is 129 Å². The number of anilines is 1. The zero-order valence-electron chi connectivity index (χ0n) is 12.6. The van der Waals surface area contributed by atoms with Gasteiger partial charge in [0.15, 0.2) is 6.10 Å². The molecule has 1 aliphatic rings. The normalized spacial score (nSPS) is 17.7. The molecule has 1 aliphatic heterocycles.